The van der Waals surface area contributed by atoms with E-state index in [1.807, 2.05) is 0 Å². The van der Waals surface area contributed by atoms with Crippen molar-refractivity contribution >= 4 is 23.9 Å². The molecule has 24 heavy (non-hydrogen) atoms. The van der Waals surface area contributed by atoms with Crippen LogP contribution >= 0.6 is 0 Å². The minimum atomic E-state index is -1.82. The van der Waals surface area contributed by atoms with Crippen molar-refractivity contribution in [2.24, 2.45) is 11.3 Å². The van der Waals surface area contributed by atoms with Gasteiger partial charge in [-0.3, -0.25) is 9.59 Å². The second-order valence-electron chi connectivity index (χ2n) is 5.45. The fraction of sp³-hybridized carbons (Fsp3) is 0.643. The minimum Gasteiger partial charge on any atom is -0.677 e. The minimum absolute atomic E-state index is 0. The van der Waals surface area contributed by atoms with Gasteiger partial charge in [0, 0.05) is 0 Å². The first kappa shape index (κ1) is 24.8. The number of carbonyl (C=O) groups is 4. The van der Waals surface area contributed by atoms with E-state index in [9.17, 15) is 9.59 Å². The Kier molecular flexibility index (Phi) is 11.5. The molecule has 2 aliphatic carbocycles. The second-order valence-corrected chi connectivity index (χ2v) is 5.45. The molecule has 0 aromatic carbocycles. The molecule has 2 rings (SSSR count). The van der Waals surface area contributed by atoms with Gasteiger partial charge in [0.2, 0.25) is 0 Å². The Balaban J connectivity index is 0. The number of nitrogens with one attached hydrogen (secondary N) is 1. The summed E-state index contributed by atoms with van der Waals surface area (Å²) in [5.41, 5.74) is 6.00. The maximum absolute atomic E-state index is 10.1. The first-order valence-electron chi connectivity index (χ1n) is 7.01. The van der Waals surface area contributed by atoms with Gasteiger partial charge in [0.1, 0.15) is 0 Å². The zero-order valence-corrected chi connectivity index (χ0v) is 15.1. The summed E-state index contributed by atoms with van der Waals surface area (Å²) in [6.45, 7) is 3.89. The van der Waals surface area contributed by atoms with Crippen LogP contribution in [0.15, 0.2) is 0 Å². The maximum atomic E-state index is 10.1. The van der Waals surface area contributed by atoms with Crippen molar-refractivity contribution in [3.63, 3.8) is 0 Å². The van der Waals surface area contributed by atoms with E-state index in [0.717, 1.165) is 6.42 Å². The Bertz CT molecular complexity index is 426. The van der Waals surface area contributed by atoms with Gasteiger partial charge in [-0.15, -0.1) is 0 Å². The monoisotopic (exact) mass is 526 g/mol. The summed E-state index contributed by atoms with van der Waals surface area (Å²) in [4.78, 5) is 38.5. The summed E-state index contributed by atoms with van der Waals surface area (Å²) in [5.74, 6) is -5.65. The molecule has 0 saturated heterocycles. The average Bonchev–Trinajstić information content (AvgIpc) is 3.25. The predicted octanol–water partition coefficient (Wildman–Crippen LogP) is 1.52. The molecule has 2 aliphatic rings. The van der Waals surface area contributed by atoms with Crippen LogP contribution in [0.4, 0.5) is 0 Å². The quantitative estimate of drug-likeness (QED) is 0.238. The number of hydrogen-bond acceptors (Lipinski definition) is 4. The Labute approximate surface area is 153 Å². The molecule has 2 fully saturated rings. The molecule has 0 amide bonds. The van der Waals surface area contributed by atoms with Gasteiger partial charge in [-0.25, -0.2) is 9.59 Å². The molecule has 0 radical (unpaired) electrons. The third kappa shape index (κ3) is 8.40. The molecule has 2 atom stereocenters. The van der Waals surface area contributed by atoms with Gasteiger partial charge >= 0.3 is 44.9 Å². The van der Waals surface area contributed by atoms with E-state index < -0.39 is 29.3 Å². The van der Waals surface area contributed by atoms with Gasteiger partial charge in [0.05, 0.1) is 0 Å². The van der Waals surface area contributed by atoms with E-state index in [4.69, 9.17) is 35.7 Å². The predicted molar refractivity (Wildman–Crippen MR) is 77.6 cm³/mol. The molecular formula is C14H21NO8Pt. The van der Waals surface area contributed by atoms with Crippen LogP contribution in [0.2, 0.25) is 0 Å². The van der Waals surface area contributed by atoms with Gasteiger partial charge in [-0.05, 0) is 12.8 Å². The molecule has 0 bridgehead atoms. The number of aliphatic carboxylic acids is 4. The molecule has 0 heterocycles. The van der Waals surface area contributed by atoms with E-state index >= 15 is 0 Å². The van der Waals surface area contributed by atoms with Crippen molar-refractivity contribution in [2.75, 3.05) is 0 Å². The normalized spacial score (nSPS) is 22.9. The first-order valence-corrected chi connectivity index (χ1v) is 7.01. The average molecular weight is 526 g/mol. The standard InChI is InChI=1S/C7H13N.C5H6O4.C2H2O4.Pt/c1-6-4-2-3-5-7(6)8;6-3(7)5(1-2-5)4(8)9;3-1(4)2(5)6;/h6-8H,1-5H2;1-2H2,(H,6,7)(H,8,9);(H,3,4)(H,5,6);/q-2;;;+2/t6-,7-;;;/m1.../s1. The zero-order chi connectivity index (χ0) is 18.2. The molecule has 9 nitrogen and oxygen atoms in total. The Morgan fingerprint density at radius 1 is 0.875 bits per heavy atom. The fourth-order valence-electron chi connectivity index (χ4n) is 1.85. The van der Waals surface area contributed by atoms with Crippen LogP contribution in [0.5, 0.6) is 0 Å². The van der Waals surface area contributed by atoms with Crippen molar-refractivity contribution in [2.45, 2.75) is 44.6 Å². The number of carboxylic acid groups (broad SMARTS) is 4. The van der Waals surface area contributed by atoms with Crippen LogP contribution in [0.25, 0.3) is 5.73 Å². The molecule has 0 unspecified atom stereocenters. The summed E-state index contributed by atoms with van der Waals surface area (Å²) in [6, 6.07) is 0.142. The number of hydrogen-bond donors (Lipinski definition) is 4. The van der Waals surface area contributed by atoms with Gasteiger partial charge in [0.15, 0.2) is 5.41 Å². The van der Waals surface area contributed by atoms with Crippen LogP contribution in [-0.4, -0.2) is 50.3 Å². The van der Waals surface area contributed by atoms with Gasteiger partial charge in [-0.2, -0.15) is 12.0 Å². The maximum Gasteiger partial charge on any atom is 2.00 e. The molecule has 10 heteroatoms. The van der Waals surface area contributed by atoms with E-state index in [2.05, 4.69) is 6.92 Å². The van der Waals surface area contributed by atoms with Crippen LogP contribution < -0.4 is 0 Å². The van der Waals surface area contributed by atoms with Crippen LogP contribution in [0, 0.1) is 18.3 Å². The Morgan fingerprint density at radius 3 is 1.38 bits per heavy atom. The van der Waals surface area contributed by atoms with E-state index in [1.165, 1.54) is 19.3 Å². The van der Waals surface area contributed by atoms with Crippen molar-refractivity contribution in [1.29, 1.82) is 0 Å². The summed E-state index contributed by atoms with van der Waals surface area (Å²) < 4.78 is 0. The Hall–Kier alpha value is -1.47. The van der Waals surface area contributed by atoms with Crippen molar-refractivity contribution in [1.82, 2.24) is 0 Å². The smallest absolute Gasteiger partial charge is 0.677 e. The summed E-state index contributed by atoms with van der Waals surface area (Å²) >= 11 is 0. The fourth-order valence-corrected chi connectivity index (χ4v) is 1.85. The molecule has 0 aliphatic heterocycles. The third-order valence-corrected chi connectivity index (χ3v) is 3.66. The van der Waals surface area contributed by atoms with E-state index in [1.54, 1.807) is 0 Å². The van der Waals surface area contributed by atoms with Gasteiger partial charge in [0.25, 0.3) is 0 Å². The summed E-state index contributed by atoms with van der Waals surface area (Å²) in [5, 5.41) is 31.4. The number of rotatable bonds is 2. The molecule has 2 saturated carbocycles. The van der Waals surface area contributed by atoms with Crippen molar-refractivity contribution < 1.29 is 60.7 Å². The van der Waals surface area contributed by atoms with Gasteiger partial charge < -0.3 is 33.1 Å². The second kappa shape index (κ2) is 11.1. The molecule has 0 aromatic heterocycles. The van der Waals surface area contributed by atoms with Crippen LogP contribution in [-0.2, 0) is 40.2 Å². The summed E-state index contributed by atoms with van der Waals surface area (Å²) in [7, 11) is 0. The molecular weight excluding hydrogens is 505 g/mol. The van der Waals surface area contributed by atoms with Crippen LogP contribution in [0.3, 0.4) is 0 Å². The number of carboxylic acids is 4. The molecule has 0 aromatic rings. The first-order chi connectivity index (χ1) is 10.5. The molecule has 0 spiro atoms. The largest absolute Gasteiger partial charge is 2.00 e. The SMILES string of the molecule is O=C(O)C(=O)O.O=C(O)C1(C(=O)O)CC1.[CH2-][C@@H]1CCCC[C@H]1[NH-].[Pt+2]. The molecule has 140 valence electrons. The van der Waals surface area contributed by atoms with Gasteiger partial charge in [-0.1, -0.05) is 25.7 Å². The topological polar surface area (TPSA) is 173 Å². The van der Waals surface area contributed by atoms with E-state index in [-0.39, 0.29) is 39.9 Å². The Morgan fingerprint density at radius 2 is 1.25 bits per heavy atom. The zero-order valence-electron chi connectivity index (χ0n) is 12.8. The molecule has 5 N–H and O–H groups in total. The van der Waals surface area contributed by atoms with E-state index in [0.29, 0.717) is 5.92 Å². The third-order valence-electron chi connectivity index (χ3n) is 3.66. The van der Waals surface area contributed by atoms with Crippen molar-refractivity contribution in [3.8, 4) is 0 Å². The van der Waals surface area contributed by atoms with Crippen molar-refractivity contribution in [3.05, 3.63) is 12.7 Å². The summed E-state index contributed by atoms with van der Waals surface area (Å²) in [6.07, 6.45) is 5.35. The van der Waals surface area contributed by atoms with Crippen LogP contribution in [0.1, 0.15) is 38.5 Å².